The highest BCUT2D eigenvalue weighted by Crippen LogP contribution is 2.40. The lowest BCUT2D eigenvalue weighted by molar-refractivity contribution is -0.138. The van der Waals surface area contributed by atoms with Crippen LogP contribution < -0.4 is 30.5 Å². The van der Waals surface area contributed by atoms with Crippen LogP contribution in [0.5, 0.6) is 5.75 Å². The molecule has 6 rings (SSSR count). The second-order valence-corrected chi connectivity index (χ2v) is 15.6. The van der Waals surface area contributed by atoms with E-state index in [1.165, 1.54) is 6.07 Å². The fraction of sp³-hybridized carbons (Fsp3) is 0.415. The van der Waals surface area contributed by atoms with E-state index in [0.29, 0.717) is 80.1 Å². The number of nitrogens with one attached hydrogen (secondary N) is 3. The molecule has 4 heterocycles. The Labute approximate surface area is 350 Å². The fourth-order valence-corrected chi connectivity index (χ4v) is 8.04. The average molecular weight is 845 g/mol. The number of halogens is 3. The summed E-state index contributed by atoms with van der Waals surface area (Å²) in [5.74, 6) is -0.954. The molecule has 19 heteroatoms. The van der Waals surface area contributed by atoms with E-state index in [1.807, 2.05) is 19.9 Å². The van der Waals surface area contributed by atoms with Crippen molar-refractivity contribution in [3.63, 3.8) is 0 Å². The molecule has 2 aromatic carbocycles. The summed E-state index contributed by atoms with van der Waals surface area (Å²) in [7, 11) is 0. The highest BCUT2D eigenvalue weighted by Gasteiger charge is 2.51. The van der Waals surface area contributed by atoms with Crippen LogP contribution in [-0.4, -0.2) is 100 Å². The number of hydrogen-bond acceptors (Lipinski definition) is 12. The van der Waals surface area contributed by atoms with Crippen molar-refractivity contribution in [3.05, 3.63) is 71.0 Å². The molecule has 0 saturated carbocycles. The monoisotopic (exact) mass is 844 g/mol. The molecule has 3 aliphatic heterocycles. The number of pyridine rings is 1. The quantitative estimate of drug-likeness (QED) is 0.170. The number of aromatic nitrogens is 1. The van der Waals surface area contributed by atoms with Crippen LogP contribution in [0.2, 0.25) is 0 Å². The van der Waals surface area contributed by atoms with Gasteiger partial charge in [-0.3, -0.25) is 39.2 Å². The third-order valence-corrected chi connectivity index (χ3v) is 11.0. The summed E-state index contributed by atoms with van der Waals surface area (Å²) in [4.78, 5) is 61.1. The molecule has 0 radical (unpaired) electrons. The minimum Gasteiger partial charge on any atom is -0.492 e. The zero-order valence-corrected chi connectivity index (χ0v) is 34.2. The largest absolute Gasteiger partial charge is 0.492 e. The van der Waals surface area contributed by atoms with Gasteiger partial charge in [0.15, 0.2) is 10.8 Å². The highest BCUT2D eigenvalue weighted by molar-refractivity contribution is 7.81. The molecule has 0 spiro atoms. The predicted molar refractivity (Wildman–Crippen MR) is 219 cm³/mol. The highest BCUT2D eigenvalue weighted by atomic mass is 32.1. The van der Waals surface area contributed by atoms with E-state index in [1.54, 1.807) is 49.1 Å². The predicted octanol–water partition coefficient (Wildman–Crippen LogP) is 4.56. The maximum absolute atomic E-state index is 13.7. The first kappa shape index (κ1) is 43.4. The topological polar surface area (TPSA) is 187 Å². The van der Waals surface area contributed by atoms with Gasteiger partial charge in [0.2, 0.25) is 17.7 Å². The molecule has 3 N–H and O–H groups in total. The number of aryl methyl sites for hydroxylation is 1. The SMILES string of the molecule is CCc1cc(N2C(=S)N(c3cnc(C#N)c(C(F)(F)F)c3)C(=O)C2(C)C)ccc1OCCN1CCN(CC(=O)Nc2cc(C#N)cc(NC3CCC(=O)NC3=O)c2)C(C)C1. The Bertz CT molecular complexity index is 2310. The number of hydrogen-bond donors (Lipinski definition) is 3. The van der Waals surface area contributed by atoms with Crippen molar-refractivity contribution >= 4 is 63.7 Å². The number of amides is 4. The van der Waals surface area contributed by atoms with Crippen LogP contribution >= 0.6 is 12.2 Å². The molecule has 2 atom stereocenters. The van der Waals surface area contributed by atoms with Crippen molar-refractivity contribution in [2.45, 2.75) is 70.8 Å². The van der Waals surface area contributed by atoms with E-state index >= 15 is 0 Å². The lowest BCUT2D eigenvalue weighted by atomic mass is 10.0. The Morgan fingerprint density at radius 1 is 1.07 bits per heavy atom. The van der Waals surface area contributed by atoms with E-state index in [9.17, 15) is 42.9 Å². The maximum atomic E-state index is 13.7. The van der Waals surface area contributed by atoms with Gasteiger partial charge in [-0.2, -0.15) is 23.7 Å². The molecule has 3 saturated heterocycles. The van der Waals surface area contributed by atoms with E-state index in [4.69, 9.17) is 17.0 Å². The number of ether oxygens (including phenoxy) is 1. The summed E-state index contributed by atoms with van der Waals surface area (Å²) < 4.78 is 47.5. The van der Waals surface area contributed by atoms with Crippen LogP contribution in [0.25, 0.3) is 0 Å². The summed E-state index contributed by atoms with van der Waals surface area (Å²) in [5, 5.41) is 26.9. The minimum atomic E-state index is -4.87. The molecule has 60 heavy (non-hydrogen) atoms. The number of piperidine rings is 1. The lowest BCUT2D eigenvalue weighted by Crippen LogP contribution is -2.54. The standard InChI is InChI=1S/C41H43F3N10O5S/c1-5-26-16-29(54-39(60)53(38(58)40(54,3)4)30-18-31(41(42,43)44)33(20-46)47-21-30)6-8-34(26)59-13-12-51-10-11-52(24(2)22-51)23-36(56)49-28-15-25(19-45)14-27(17-28)48-32-7-9-35(55)50-37(32)57/h6,8,14-18,21,24,32,48H,5,7,9-13,22-23H2,1-4H3,(H,49,56)(H,50,55,57). The Balaban J connectivity index is 1.03. The van der Waals surface area contributed by atoms with Gasteiger partial charge < -0.3 is 20.3 Å². The van der Waals surface area contributed by atoms with E-state index in [-0.39, 0.29) is 41.6 Å². The second-order valence-electron chi connectivity index (χ2n) is 15.2. The molecule has 15 nitrogen and oxygen atoms in total. The van der Waals surface area contributed by atoms with Gasteiger partial charge in [-0.1, -0.05) is 6.92 Å². The number of alkyl halides is 3. The molecule has 0 bridgehead atoms. The molecule has 3 aromatic rings. The Morgan fingerprint density at radius 3 is 2.48 bits per heavy atom. The van der Waals surface area contributed by atoms with E-state index in [2.05, 4.69) is 36.8 Å². The van der Waals surface area contributed by atoms with E-state index < -0.39 is 40.8 Å². The number of nitriles is 2. The number of nitrogens with zero attached hydrogens (tertiary/aromatic N) is 7. The third kappa shape index (κ3) is 9.33. The van der Waals surface area contributed by atoms with Crippen LogP contribution in [0.15, 0.2) is 48.7 Å². The van der Waals surface area contributed by atoms with Gasteiger partial charge in [-0.15, -0.1) is 0 Å². The van der Waals surface area contributed by atoms with Gasteiger partial charge in [-0.05, 0) is 93.9 Å². The molecule has 2 unspecified atom stereocenters. The first-order valence-electron chi connectivity index (χ1n) is 19.3. The first-order chi connectivity index (χ1) is 28.4. The van der Waals surface area contributed by atoms with Gasteiger partial charge in [0.25, 0.3) is 5.91 Å². The maximum Gasteiger partial charge on any atom is 0.419 e. The average Bonchev–Trinajstić information content (AvgIpc) is 3.37. The minimum absolute atomic E-state index is 0.0345. The number of carbonyl (C=O) groups is 4. The van der Waals surface area contributed by atoms with Crippen molar-refractivity contribution in [3.8, 4) is 17.9 Å². The third-order valence-electron chi connectivity index (χ3n) is 10.7. The number of anilines is 4. The summed E-state index contributed by atoms with van der Waals surface area (Å²) in [6.07, 6.45) is -2.75. The van der Waals surface area contributed by atoms with Gasteiger partial charge >= 0.3 is 6.18 Å². The lowest BCUT2D eigenvalue weighted by Gasteiger charge is -2.39. The van der Waals surface area contributed by atoms with Crippen molar-refractivity contribution in [2.24, 2.45) is 0 Å². The van der Waals surface area contributed by atoms with Crippen LogP contribution in [0.1, 0.15) is 62.9 Å². The first-order valence-corrected chi connectivity index (χ1v) is 19.7. The van der Waals surface area contributed by atoms with Crippen LogP contribution in [-0.2, 0) is 31.8 Å². The van der Waals surface area contributed by atoms with Crippen LogP contribution in [0.4, 0.5) is 35.9 Å². The van der Waals surface area contributed by atoms with E-state index in [0.717, 1.165) is 16.7 Å². The fourth-order valence-electron chi connectivity index (χ4n) is 7.52. The molecular formula is C41H43F3N10O5S. The molecule has 1 aromatic heterocycles. The molecular weight excluding hydrogens is 802 g/mol. The Hall–Kier alpha value is -6.15. The smallest absolute Gasteiger partial charge is 0.419 e. The number of benzene rings is 2. The molecule has 3 aliphatic rings. The van der Waals surface area contributed by atoms with Crippen LogP contribution in [0.3, 0.4) is 0 Å². The van der Waals surface area contributed by atoms with Crippen molar-refractivity contribution < 1.29 is 37.1 Å². The molecule has 3 fully saturated rings. The van der Waals surface area contributed by atoms with Crippen molar-refractivity contribution in [2.75, 3.05) is 59.8 Å². The van der Waals surface area contributed by atoms with Crippen LogP contribution in [0, 0.1) is 22.7 Å². The Kier molecular flexibility index (Phi) is 12.7. The number of imide groups is 1. The van der Waals surface area contributed by atoms with Gasteiger partial charge in [0.1, 0.15) is 30.0 Å². The molecule has 0 aliphatic carbocycles. The summed E-state index contributed by atoms with van der Waals surface area (Å²) >= 11 is 5.68. The Morgan fingerprint density at radius 2 is 1.82 bits per heavy atom. The summed E-state index contributed by atoms with van der Waals surface area (Å²) in [6, 6.07) is 13.8. The summed E-state index contributed by atoms with van der Waals surface area (Å²) in [5.41, 5.74) is -0.965. The zero-order valence-electron chi connectivity index (χ0n) is 33.4. The van der Waals surface area contributed by atoms with Gasteiger partial charge in [-0.25, -0.2) is 4.98 Å². The van der Waals surface area contributed by atoms with Crippen molar-refractivity contribution in [1.82, 2.24) is 20.1 Å². The number of thiocarbonyl (C=S) groups is 1. The zero-order chi connectivity index (χ0) is 43.5. The molecule has 314 valence electrons. The molecule has 4 amide bonds. The number of piperazine rings is 1. The number of rotatable bonds is 12. The van der Waals surface area contributed by atoms with Crippen molar-refractivity contribution in [1.29, 1.82) is 10.5 Å². The number of carbonyl (C=O) groups excluding carboxylic acids is 4. The summed E-state index contributed by atoms with van der Waals surface area (Å²) in [6.45, 7) is 10.4. The second kappa shape index (κ2) is 17.6. The van der Waals surface area contributed by atoms with Gasteiger partial charge in [0.05, 0.1) is 35.6 Å². The van der Waals surface area contributed by atoms with Gasteiger partial charge in [0, 0.05) is 55.7 Å². The normalized spacial score (nSPS) is 19.8.